The number of para-hydroxylation sites is 1. The monoisotopic (exact) mass is 334 g/mol. The molecule has 1 aromatic carbocycles. The van der Waals surface area contributed by atoms with Gasteiger partial charge in [-0.25, -0.2) is 4.79 Å². The van der Waals surface area contributed by atoms with E-state index < -0.39 is 0 Å². The number of urea groups is 1. The van der Waals surface area contributed by atoms with E-state index in [4.69, 9.17) is 9.84 Å². The molecule has 2 rings (SSSR count). The van der Waals surface area contributed by atoms with Gasteiger partial charge in [-0.05, 0) is 63.0 Å². The molecule has 0 aromatic heterocycles. The van der Waals surface area contributed by atoms with Crippen LogP contribution in [0.15, 0.2) is 18.2 Å². The van der Waals surface area contributed by atoms with Crippen LogP contribution in [0.5, 0.6) is 5.75 Å². The summed E-state index contributed by atoms with van der Waals surface area (Å²) in [6.07, 6.45) is 4.66. The molecule has 5 heteroatoms. The number of nitrogens with one attached hydrogen (secondary N) is 2. The van der Waals surface area contributed by atoms with E-state index in [0.717, 1.165) is 49.0 Å². The fourth-order valence-electron chi connectivity index (χ4n) is 3.20. The maximum atomic E-state index is 11.9. The van der Waals surface area contributed by atoms with Crippen LogP contribution >= 0.6 is 0 Å². The number of aryl methyl sites for hydroxylation is 2. The largest absolute Gasteiger partial charge is 0.493 e. The van der Waals surface area contributed by atoms with Crippen LogP contribution in [-0.4, -0.2) is 36.9 Å². The molecule has 0 saturated heterocycles. The van der Waals surface area contributed by atoms with E-state index in [1.54, 1.807) is 0 Å². The molecule has 24 heavy (non-hydrogen) atoms. The lowest BCUT2D eigenvalue weighted by atomic mass is 9.87. The van der Waals surface area contributed by atoms with Crippen LogP contribution in [0.4, 0.5) is 4.79 Å². The van der Waals surface area contributed by atoms with Gasteiger partial charge in [0.15, 0.2) is 0 Å². The minimum absolute atomic E-state index is 0.102. The Balaban J connectivity index is 1.58. The number of amides is 2. The third kappa shape index (κ3) is 5.71. The normalized spacial score (nSPS) is 20.5. The predicted molar refractivity (Wildman–Crippen MR) is 95.4 cm³/mol. The molecule has 0 aliphatic heterocycles. The first-order chi connectivity index (χ1) is 11.6. The van der Waals surface area contributed by atoms with Crippen molar-refractivity contribution in [2.75, 3.05) is 19.8 Å². The van der Waals surface area contributed by atoms with Gasteiger partial charge >= 0.3 is 6.03 Å². The molecule has 2 amide bonds. The maximum absolute atomic E-state index is 11.9. The minimum atomic E-state index is -0.102. The summed E-state index contributed by atoms with van der Waals surface area (Å²) in [6, 6.07) is 6.24. The summed E-state index contributed by atoms with van der Waals surface area (Å²) in [4.78, 5) is 11.9. The second kappa shape index (κ2) is 9.52. The Bertz CT molecular complexity index is 505. The number of ether oxygens (including phenoxy) is 1. The van der Waals surface area contributed by atoms with Crippen LogP contribution in [0.25, 0.3) is 0 Å². The van der Waals surface area contributed by atoms with E-state index in [1.807, 2.05) is 32.0 Å². The summed E-state index contributed by atoms with van der Waals surface area (Å²) in [6.45, 7) is 5.54. The number of hydrogen-bond acceptors (Lipinski definition) is 3. The second-order valence-corrected chi connectivity index (χ2v) is 6.72. The Morgan fingerprint density at radius 3 is 2.50 bits per heavy atom. The summed E-state index contributed by atoms with van der Waals surface area (Å²) in [5, 5.41) is 15.0. The van der Waals surface area contributed by atoms with Crippen molar-refractivity contribution in [2.45, 2.75) is 52.0 Å². The van der Waals surface area contributed by atoms with Crippen LogP contribution in [-0.2, 0) is 0 Å². The van der Waals surface area contributed by atoms with Crippen LogP contribution in [0.2, 0.25) is 0 Å². The van der Waals surface area contributed by atoms with Gasteiger partial charge < -0.3 is 20.5 Å². The molecule has 1 saturated carbocycles. The number of aliphatic hydroxyl groups is 1. The van der Waals surface area contributed by atoms with E-state index in [1.165, 1.54) is 0 Å². The van der Waals surface area contributed by atoms with Crippen molar-refractivity contribution < 1.29 is 14.6 Å². The topological polar surface area (TPSA) is 70.6 Å². The molecule has 0 radical (unpaired) electrons. The lowest BCUT2D eigenvalue weighted by Crippen LogP contribution is -2.44. The molecule has 1 fully saturated rings. The summed E-state index contributed by atoms with van der Waals surface area (Å²) in [5.74, 6) is 1.36. The van der Waals surface area contributed by atoms with Crippen molar-refractivity contribution in [3.8, 4) is 5.75 Å². The first-order valence-electron chi connectivity index (χ1n) is 8.94. The molecule has 0 unspecified atom stereocenters. The molecule has 1 aromatic rings. The smallest absolute Gasteiger partial charge is 0.315 e. The highest BCUT2D eigenvalue weighted by Gasteiger charge is 2.21. The first-order valence-corrected chi connectivity index (χ1v) is 8.94. The van der Waals surface area contributed by atoms with Crippen LogP contribution < -0.4 is 15.4 Å². The number of hydrogen-bond donors (Lipinski definition) is 3. The number of carbonyl (C=O) groups is 1. The Morgan fingerprint density at radius 1 is 1.21 bits per heavy atom. The molecule has 0 spiro atoms. The average molecular weight is 334 g/mol. The molecular weight excluding hydrogens is 304 g/mol. The Kier molecular flexibility index (Phi) is 7.37. The third-order valence-electron chi connectivity index (χ3n) is 4.70. The lowest BCUT2D eigenvalue weighted by Gasteiger charge is -2.27. The van der Waals surface area contributed by atoms with E-state index >= 15 is 0 Å². The van der Waals surface area contributed by atoms with Gasteiger partial charge in [-0.3, -0.25) is 0 Å². The Labute approximate surface area is 144 Å². The van der Waals surface area contributed by atoms with Gasteiger partial charge in [0.1, 0.15) is 5.75 Å². The zero-order chi connectivity index (χ0) is 17.4. The standard InChI is InChI=1S/C19H30N2O3/c1-14-5-3-6-15(2)18(14)24-12-4-11-20-19(23)21-17-9-7-16(13-22)8-10-17/h3,5-6,16-17,22H,4,7-13H2,1-2H3,(H2,20,21,23). The molecule has 0 bridgehead atoms. The maximum Gasteiger partial charge on any atom is 0.315 e. The van der Waals surface area contributed by atoms with E-state index in [9.17, 15) is 4.79 Å². The van der Waals surface area contributed by atoms with Crippen molar-refractivity contribution in [3.63, 3.8) is 0 Å². The van der Waals surface area contributed by atoms with Crippen LogP contribution in [0.3, 0.4) is 0 Å². The number of benzene rings is 1. The predicted octanol–water partition coefficient (Wildman–Crippen LogP) is 2.92. The minimum Gasteiger partial charge on any atom is -0.493 e. The quantitative estimate of drug-likeness (QED) is 0.672. The van der Waals surface area contributed by atoms with Gasteiger partial charge in [0.05, 0.1) is 6.61 Å². The molecule has 0 atom stereocenters. The third-order valence-corrected chi connectivity index (χ3v) is 4.70. The van der Waals surface area contributed by atoms with Crippen LogP contribution in [0.1, 0.15) is 43.2 Å². The highest BCUT2D eigenvalue weighted by molar-refractivity contribution is 5.74. The van der Waals surface area contributed by atoms with Gasteiger partial charge in [-0.1, -0.05) is 18.2 Å². The second-order valence-electron chi connectivity index (χ2n) is 6.72. The van der Waals surface area contributed by atoms with Gasteiger partial charge in [0.2, 0.25) is 0 Å². The molecule has 1 aliphatic rings. The van der Waals surface area contributed by atoms with Crippen molar-refractivity contribution >= 4 is 6.03 Å². The SMILES string of the molecule is Cc1cccc(C)c1OCCCNC(=O)NC1CCC(CO)CC1. The van der Waals surface area contributed by atoms with Gasteiger partial charge in [-0.15, -0.1) is 0 Å². The summed E-state index contributed by atoms with van der Waals surface area (Å²) in [5.41, 5.74) is 2.28. The van der Waals surface area contributed by atoms with Gasteiger partial charge in [0, 0.05) is 19.2 Å². The number of rotatable bonds is 7. The molecule has 3 N–H and O–H groups in total. The average Bonchev–Trinajstić information content (AvgIpc) is 2.57. The molecule has 1 aliphatic carbocycles. The van der Waals surface area contributed by atoms with Gasteiger partial charge in [-0.2, -0.15) is 0 Å². The zero-order valence-electron chi connectivity index (χ0n) is 14.8. The van der Waals surface area contributed by atoms with Crippen molar-refractivity contribution in [3.05, 3.63) is 29.3 Å². The Hall–Kier alpha value is -1.75. The van der Waals surface area contributed by atoms with E-state index in [0.29, 0.717) is 19.1 Å². The number of carbonyl (C=O) groups excluding carboxylic acids is 1. The molecule has 5 nitrogen and oxygen atoms in total. The highest BCUT2D eigenvalue weighted by atomic mass is 16.5. The van der Waals surface area contributed by atoms with Gasteiger partial charge in [0.25, 0.3) is 0 Å². The fraction of sp³-hybridized carbons (Fsp3) is 0.632. The van der Waals surface area contributed by atoms with E-state index in [-0.39, 0.29) is 18.7 Å². The van der Waals surface area contributed by atoms with Crippen molar-refractivity contribution in [1.82, 2.24) is 10.6 Å². The van der Waals surface area contributed by atoms with E-state index in [2.05, 4.69) is 10.6 Å². The molecule has 0 heterocycles. The fourth-order valence-corrected chi connectivity index (χ4v) is 3.20. The summed E-state index contributed by atoms with van der Waals surface area (Å²) in [7, 11) is 0. The van der Waals surface area contributed by atoms with Crippen molar-refractivity contribution in [1.29, 1.82) is 0 Å². The first kappa shape index (κ1) is 18.6. The van der Waals surface area contributed by atoms with Crippen molar-refractivity contribution in [2.24, 2.45) is 5.92 Å². The molecule has 134 valence electrons. The van der Waals surface area contributed by atoms with Crippen LogP contribution in [0, 0.1) is 19.8 Å². The lowest BCUT2D eigenvalue weighted by molar-refractivity contribution is 0.174. The molecular formula is C19H30N2O3. The summed E-state index contributed by atoms with van der Waals surface area (Å²) < 4.78 is 5.83. The zero-order valence-corrected chi connectivity index (χ0v) is 14.8. The Morgan fingerprint density at radius 2 is 1.88 bits per heavy atom. The highest BCUT2D eigenvalue weighted by Crippen LogP contribution is 2.23. The number of aliphatic hydroxyl groups excluding tert-OH is 1. The summed E-state index contributed by atoms with van der Waals surface area (Å²) >= 11 is 0.